The molecule has 2 bridgehead atoms. The summed E-state index contributed by atoms with van der Waals surface area (Å²) in [6.07, 6.45) is 12.3. The lowest BCUT2D eigenvalue weighted by Gasteiger charge is -2.42. The van der Waals surface area contributed by atoms with Crippen molar-refractivity contribution in [2.24, 2.45) is 0 Å². The lowest BCUT2D eigenvalue weighted by atomic mass is 9.95. The fraction of sp³-hybridized carbons (Fsp3) is 0.625. The first-order chi connectivity index (χ1) is 25.5. The largest absolute Gasteiger partial charge is 0.461 e. The normalized spacial score (nSPS) is 24.4. The summed E-state index contributed by atoms with van der Waals surface area (Å²) in [5.41, 5.74) is 3.38. The van der Waals surface area contributed by atoms with E-state index in [2.05, 4.69) is 15.9 Å². The van der Waals surface area contributed by atoms with Crippen molar-refractivity contribution in [2.45, 2.75) is 122 Å². The average Bonchev–Trinajstić information content (AvgIpc) is 3.89. The van der Waals surface area contributed by atoms with Crippen LogP contribution in [0.25, 0.3) is 33.1 Å². The molecule has 9 rings (SSSR count). The first kappa shape index (κ1) is 34.7. The number of hydrogen-bond donors (Lipinski definition) is 0. The number of carbonyl (C=O) groups is 1. The Morgan fingerprint density at radius 1 is 1.00 bits per heavy atom. The van der Waals surface area contributed by atoms with Crippen molar-refractivity contribution in [1.82, 2.24) is 34.5 Å². The van der Waals surface area contributed by atoms with Crippen LogP contribution >= 0.6 is 0 Å². The van der Waals surface area contributed by atoms with Crippen LogP contribution in [-0.2, 0) is 9.47 Å². The number of hydrogen-bond acceptors (Lipinski definition) is 10. The number of aryl methyl sites for hydroxylation is 1. The van der Waals surface area contributed by atoms with Crippen molar-refractivity contribution in [3.8, 4) is 17.3 Å². The predicted molar refractivity (Wildman–Crippen MR) is 200 cm³/mol. The van der Waals surface area contributed by atoms with E-state index >= 15 is 4.39 Å². The van der Waals surface area contributed by atoms with Crippen molar-refractivity contribution in [3.63, 3.8) is 0 Å². The minimum atomic E-state index is -0.582. The lowest BCUT2D eigenvalue weighted by molar-refractivity contribution is -0.0366. The van der Waals surface area contributed by atoms with Gasteiger partial charge in [0, 0.05) is 36.8 Å². The zero-order valence-corrected chi connectivity index (χ0v) is 31.7. The summed E-state index contributed by atoms with van der Waals surface area (Å²) >= 11 is 0. The summed E-state index contributed by atoms with van der Waals surface area (Å²) in [4.78, 5) is 34.6. The van der Waals surface area contributed by atoms with E-state index in [0.717, 1.165) is 92.9 Å². The quantitative estimate of drug-likeness (QED) is 0.204. The third-order valence-electron chi connectivity index (χ3n) is 12.4. The molecular weight excluding hydrogens is 675 g/mol. The lowest BCUT2D eigenvalue weighted by Crippen LogP contribution is -2.57. The number of amides is 1. The molecule has 53 heavy (non-hydrogen) atoms. The van der Waals surface area contributed by atoms with Crippen LogP contribution in [0.4, 0.5) is 15.0 Å². The number of nitrogens with zero attached hydrogens (tertiary/aromatic N) is 8. The average molecular weight is 727 g/mol. The fourth-order valence-electron chi connectivity index (χ4n) is 9.72. The van der Waals surface area contributed by atoms with Gasteiger partial charge in [-0.1, -0.05) is 0 Å². The molecule has 0 N–H and O–H groups in total. The molecule has 0 spiro atoms. The molecule has 13 heteroatoms. The Morgan fingerprint density at radius 2 is 1.75 bits per heavy atom. The molecule has 0 saturated carbocycles. The Kier molecular flexibility index (Phi) is 8.52. The zero-order valence-electron chi connectivity index (χ0n) is 31.7. The van der Waals surface area contributed by atoms with E-state index < -0.39 is 11.4 Å². The minimum Gasteiger partial charge on any atom is -0.461 e. The van der Waals surface area contributed by atoms with Gasteiger partial charge in [-0.25, -0.2) is 13.9 Å². The maximum Gasteiger partial charge on any atom is 0.410 e. The number of rotatable bonds is 6. The highest BCUT2D eigenvalue weighted by Crippen LogP contribution is 2.42. The molecule has 5 aliphatic rings. The number of anilines is 1. The number of halogens is 1. The van der Waals surface area contributed by atoms with E-state index in [4.69, 9.17) is 34.3 Å². The molecule has 4 aromatic rings. The third kappa shape index (κ3) is 5.98. The van der Waals surface area contributed by atoms with Crippen molar-refractivity contribution >= 4 is 33.7 Å². The Morgan fingerprint density at radius 3 is 2.45 bits per heavy atom. The molecule has 12 nitrogen and oxygen atoms in total. The number of carbonyl (C=O) groups excluding carboxylic acids is 1. The molecule has 8 heterocycles. The van der Waals surface area contributed by atoms with Crippen LogP contribution in [0.1, 0.15) is 95.9 Å². The third-order valence-corrected chi connectivity index (χ3v) is 12.4. The van der Waals surface area contributed by atoms with Gasteiger partial charge < -0.3 is 19.1 Å². The Labute approximate surface area is 310 Å². The molecule has 0 aliphatic carbocycles. The standard InChI is InChI=1S/C40H51FN8O4/c1-24-18-30-28(20-43-49(30)31-10-6-7-17-51-31)32(25(24)2)35-33(41)34-29(19-42-35)36(45-37(44-34)52-23-40-13-8-15-47(40)16-9-14-40)46-21-26-11-12-27(22-46)48(26)38(50)53-39(3,4)5/h18-20,26-27,31H,6-17,21-23H2,1-5H3/t26-,27+,31?. The van der Waals surface area contributed by atoms with Crippen LogP contribution < -0.4 is 9.64 Å². The van der Waals surface area contributed by atoms with Gasteiger partial charge in [-0.05, 0) is 123 Å². The smallest absolute Gasteiger partial charge is 0.410 e. The maximum absolute atomic E-state index is 17.4. The van der Waals surface area contributed by atoms with Crippen LogP contribution in [0.5, 0.6) is 6.01 Å². The number of piperazine rings is 1. The van der Waals surface area contributed by atoms with Crippen LogP contribution in [0, 0.1) is 19.7 Å². The second kappa shape index (κ2) is 13.0. The van der Waals surface area contributed by atoms with Gasteiger partial charge in [0.05, 0.1) is 34.7 Å². The van der Waals surface area contributed by atoms with Crippen LogP contribution in [0.15, 0.2) is 18.5 Å². The van der Waals surface area contributed by atoms with E-state index in [0.29, 0.717) is 43.1 Å². The van der Waals surface area contributed by atoms with E-state index in [9.17, 15) is 4.79 Å². The predicted octanol–water partition coefficient (Wildman–Crippen LogP) is 7.09. The van der Waals surface area contributed by atoms with Gasteiger partial charge in [0.15, 0.2) is 12.0 Å². The monoisotopic (exact) mass is 726 g/mol. The highest BCUT2D eigenvalue weighted by Gasteiger charge is 2.46. The molecule has 1 unspecified atom stereocenters. The molecular formula is C40H51FN8O4. The second-order valence-corrected chi connectivity index (χ2v) is 16.9. The van der Waals surface area contributed by atoms with Crippen molar-refractivity contribution in [3.05, 3.63) is 35.4 Å². The van der Waals surface area contributed by atoms with Gasteiger partial charge in [-0.3, -0.25) is 14.8 Å². The van der Waals surface area contributed by atoms with Crippen molar-refractivity contribution in [2.75, 3.05) is 44.3 Å². The molecule has 282 valence electrons. The van der Waals surface area contributed by atoms with Crippen LogP contribution in [-0.4, -0.2) is 103 Å². The van der Waals surface area contributed by atoms with Gasteiger partial charge in [0.2, 0.25) is 0 Å². The SMILES string of the molecule is Cc1cc2c(cnn2C2CCCCO2)c(-c2ncc3c(N4C[C@H]5CC[C@@H](C4)N5C(=O)OC(C)(C)C)nc(OCC45CCCN4CCC5)nc3c2F)c1C. The van der Waals surface area contributed by atoms with Crippen LogP contribution in [0.3, 0.4) is 0 Å². The van der Waals surface area contributed by atoms with E-state index in [1.165, 1.54) is 0 Å². The number of aromatic nitrogens is 5. The molecule has 1 amide bonds. The Hall–Kier alpha value is -4.10. The summed E-state index contributed by atoms with van der Waals surface area (Å²) in [6.45, 7) is 14.1. The minimum absolute atomic E-state index is 0.0228. The van der Waals surface area contributed by atoms with E-state index in [1.54, 1.807) is 6.20 Å². The van der Waals surface area contributed by atoms with Gasteiger partial charge in [-0.2, -0.15) is 15.1 Å². The molecule has 5 saturated heterocycles. The highest BCUT2D eigenvalue weighted by molar-refractivity contribution is 5.99. The summed E-state index contributed by atoms with van der Waals surface area (Å²) in [5, 5.41) is 6.12. The second-order valence-electron chi connectivity index (χ2n) is 16.9. The molecule has 3 atom stereocenters. The first-order valence-electron chi connectivity index (χ1n) is 19.6. The molecule has 5 fully saturated rings. The molecule has 0 radical (unpaired) electrons. The Bertz CT molecular complexity index is 2050. The van der Waals surface area contributed by atoms with Gasteiger partial charge in [0.1, 0.15) is 29.2 Å². The molecule has 3 aromatic heterocycles. The number of benzene rings is 1. The molecule has 1 aromatic carbocycles. The number of fused-ring (bicyclic) bond motifs is 5. The van der Waals surface area contributed by atoms with Crippen molar-refractivity contribution in [1.29, 1.82) is 0 Å². The van der Waals surface area contributed by atoms with Crippen molar-refractivity contribution < 1.29 is 23.4 Å². The maximum atomic E-state index is 17.4. The summed E-state index contributed by atoms with van der Waals surface area (Å²) in [6, 6.07) is 2.19. The molecule has 5 aliphatic heterocycles. The van der Waals surface area contributed by atoms with Gasteiger partial charge >= 0.3 is 12.1 Å². The number of pyridine rings is 1. The fourth-order valence-corrected chi connectivity index (χ4v) is 9.72. The number of ether oxygens (including phenoxy) is 3. The summed E-state index contributed by atoms with van der Waals surface area (Å²) in [7, 11) is 0. The first-order valence-corrected chi connectivity index (χ1v) is 19.6. The van der Waals surface area contributed by atoms with Gasteiger partial charge in [0.25, 0.3) is 0 Å². The van der Waals surface area contributed by atoms with Gasteiger partial charge in [-0.15, -0.1) is 0 Å². The summed E-state index contributed by atoms with van der Waals surface area (Å²) in [5.74, 6) is 0.0776. The summed E-state index contributed by atoms with van der Waals surface area (Å²) < 4.78 is 37.7. The zero-order chi connectivity index (χ0) is 36.6. The van der Waals surface area contributed by atoms with Crippen LogP contribution in [0.2, 0.25) is 0 Å². The Balaban J connectivity index is 1.13. The topological polar surface area (TPSA) is 111 Å². The highest BCUT2D eigenvalue weighted by atomic mass is 19.1. The van der Waals surface area contributed by atoms with E-state index in [-0.39, 0.29) is 47.2 Å². The van der Waals surface area contributed by atoms with E-state index in [1.807, 2.05) is 50.4 Å².